The van der Waals surface area contributed by atoms with Crippen LogP contribution in [0.15, 0.2) is 42.5 Å². The van der Waals surface area contributed by atoms with Crippen molar-refractivity contribution in [1.82, 2.24) is 10.3 Å². The van der Waals surface area contributed by atoms with E-state index >= 15 is 0 Å². The van der Waals surface area contributed by atoms with Gasteiger partial charge in [0.15, 0.2) is 0 Å². The number of benzene rings is 2. The van der Waals surface area contributed by atoms with Gasteiger partial charge in [-0.05, 0) is 24.3 Å². The van der Waals surface area contributed by atoms with Crippen molar-refractivity contribution in [3.8, 4) is 5.75 Å². The van der Waals surface area contributed by atoms with Crippen LogP contribution >= 0.6 is 0 Å². The Kier molecular flexibility index (Phi) is 3.84. The highest BCUT2D eigenvalue weighted by molar-refractivity contribution is 6.02. The third-order valence-electron chi connectivity index (χ3n) is 4.43. The molecule has 3 N–H and O–H groups in total. The summed E-state index contributed by atoms with van der Waals surface area (Å²) >= 11 is 0. The molecule has 0 saturated carbocycles. The van der Waals surface area contributed by atoms with Crippen molar-refractivity contribution in [2.24, 2.45) is 0 Å². The van der Waals surface area contributed by atoms with Gasteiger partial charge in [-0.2, -0.15) is 0 Å². The lowest BCUT2D eigenvalue weighted by Crippen LogP contribution is -2.30. The number of aromatic amines is 1. The molecule has 1 unspecified atom stereocenters. The highest BCUT2D eigenvalue weighted by atomic mass is 19.1. The molecular weight excluding hydrogens is 339 g/mol. The molecule has 1 amide bonds. The molecule has 1 aromatic heterocycles. The SMILES string of the molecule is O=C(O)Cc1c(C(=O)NC2COc3ccc(F)cc32)[nH]c2ccccc12. The number of halogens is 1. The van der Waals surface area contributed by atoms with Crippen molar-refractivity contribution in [2.45, 2.75) is 12.5 Å². The predicted octanol–water partition coefficient (Wildman–Crippen LogP) is 2.80. The van der Waals surface area contributed by atoms with Gasteiger partial charge in [-0.25, -0.2) is 4.39 Å². The average Bonchev–Trinajstić information content (AvgIpc) is 3.16. The normalized spacial score (nSPS) is 15.5. The molecule has 0 saturated heterocycles. The van der Waals surface area contributed by atoms with E-state index in [1.54, 1.807) is 24.3 Å². The Morgan fingerprint density at radius 1 is 1.27 bits per heavy atom. The lowest BCUT2D eigenvalue weighted by molar-refractivity contribution is -0.136. The molecule has 1 aliphatic rings. The Hall–Kier alpha value is -3.35. The summed E-state index contributed by atoms with van der Waals surface area (Å²) in [5.41, 5.74) is 1.86. The predicted molar refractivity (Wildman–Crippen MR) is 91.7 cm³/mol. The van der Waals surface area contributed by atoms with Crippen LogP contribution in [0.25, 0.3) is 10.9 Å². The summed E-state index contributed by atoms with van der Waals surface area (Å²) in [7, 11) is 0. The first-order valence-electron chi connectivity index (χ1n) is 8.07. The summed E-state index contributed by atoms with van der Waals surface area (Å²) in [5, 5.41) is 12.7. The number of rotatable bonds is 4. The van der Waals surface area contributed by atoms with Crippen LogP contribution in [0, 0.1) is 5.82 Å². The number of aliphatic carboxylic acids is 1. The number of hydrogen-bond acceptors (Lipinski definition) is 3. The van der Waals surface area contributed by atoms with Crippen molar-refractivity contribution in [2.75, 3.05) is 6.61 Å². The summed E-state index contributed by atoms with van der Waals surface area (Å²) in [5.74, 6) is -1.37. The second kappa shape index (κ2) is 6.18. The molecule has 3 aromatic rings. The van der Waals surface area contributed by atoms with Crippen molar-refractivity contribution in [3.63, 3.8) is 0 Å². The topological polar surface area (TPSA) is 91.4 Å². The van der Waals surface area contributed by atoms with E-state index in [4.69, 9.17) is 4.74 Å². The molecule has 6 nitrogen and oxygen atoms in total. The number of carbonyl (C=O) groups excluding carboxylic acids is 1. The van der Waals surface area contributed by atoms with Gasteiger partial charge in [-0.1, -0.05) is 18.2 Å². The zero-order valence-electron chi connectivity index (χ0n) is 13.6. The largest absolute Gasteiger partial charge is 0.491 e. The van der Waals surface area contributed by atoms with Crippen molar-refractivity contribution >= 4 is 22.8 Å². The highest BCUT2D eigenvalue weighted by Gasteiger charge is 2.28. The van der Waals surface area contributed by atoms with Gasteiger partial charge >= 0.3 is 5.97 Å². The van der Waals surface area contributed by atoms with Gasteiger partial charge in [0.2, 0.25) is 0 Å². The number of fused-ring (bicyclic) bond motifs is 2. The second-order valence-corrected chi connectivity index (χ2v) is 6.11. The molecule has 2 aromatic carbocycles. The molecule has 1 aliphatic heterocycles. The summed E-state index contributed by atoms with van der Waals surface area (Å²) in [6.07, 6.45) is -0.279. The lowest BCUT2D eigenvalue weighted by Gasteiger charge is -2.12. The molecule has 4 rings (SSSR count). The zero-order valence-corrected chi connectivity index (χ0v) is 13.6. The fourth-order valence-electron chi connectivity index (χ4n) is 3.26. The van der Waals surface area contributed by atoms with Gasteiger partial charge in [-0.15, -0.1) is 0 Å². The lowest BCUT2D eigenvalue weighted by atomic mass is 10.1. The van der Waals surface area contributed by atoms with Crippen LogP contribution in [0.2, 0.25) is 0 Å². The fraction of sp³-hybridized carbons (Fsp3) is 0.158. The van der Waals surface area contributed by atoms with E-state index < -0.39 is 23.7 Å². The minimum absolute atomic E-state index is 0.193. The van der Waals surface area contributed by atoms with Gasteiger partial charge in [-0.3, -0.25) is 9.59 Å². The van der Waals surface area contributed by atoms with Crippen LogP contribution < -0.4 is 10.1 Å². The van der Waals surface area contributed by atoms with Gasteiger partial charge in [0, 0.05) is 22.0 Å². The molecule has 132 valence electrons. The molecule has 0 radical (unpaired) electrons. The van der Waals surface area contributed by atoms with Crippen LogP contribution in [0.1, 0.15) is 27.7 Å². The van der Waals surface area contributed by atoms with E-state index in [0.717, 1.165) is 0 Å². The zero-order chi connectivity index (χ0) is 18.3. The van der Waals surface area contributed by atoms with Crippen molar-refractivity contribution < 1.29 is 23.8 Å². The van der Waals surface area contributed by atoms with Crippen LogP contribution in [-0.2, 0) is 11.2 Å². The number of hydrogen-bond donors (Lipinski definition) is 3. The highest BCUT2D eigenvalue weighted by Crippen LogP contribution is 2.33. The maximum Gasteiger partial charge on any atom is 0.307 e. The number of carbonyl (C=O) groups is 2. The van der Waals surface area contributed by atoms with Crippen LogP contribution in [0.4, 0.5) is 4.39 Å². The molecule has 0 aliphatic carbocycles. The van der Waals surface area contributed by atoms with E-state index in [-0.39, 0.29) is 18.7 Å². The molecule has 0 bridgehead atoms. The van der Waals surface area contributed by atoms with Gasteiger partial charge < -0.3 is 20.1 Å². The number of aromatic nitrogens is 1. The average molecular weight is 354 g/mol. The third kappa shape index (κ3) is 2.77. The van der Waals surface area contributed by atoms with E-state index in [1.807, 2.05) is 0 Å². The number of amides is 1. The van der Waals surface area contributed by atoms with Crippen molar-refractivity contribution in [1.29, 1.82) is 0 Å². The maximum absolute atomic E-state index is 13.5. The molecular formula is C19H15FN2O4. The monoisotopic (exact) mass is 354 g/mol. The minimum Gasteiger partial charge on any atom is -0.491 e. The first kappa shape index (κ1) is 16.1. The van der Waals surface area contributed by atoms with Gasteiger partial charge in [0.05, 0.1) is 12.5 Å². The molecule has 7 heteroatoms. The number of H-pyrrole nitrogens is 1. The summed E-state index contributed by atoms with van der Waals surface area (Å²) in [4.78, 5) is 27.0. The quantitative estimate of drug-likeness (QED) is 0.672. The number of nitrogens with one attached hydrogen (secondary N) is 2. The molecule has 26 heavy (non-hydrogen) atoms. The number of carboxylic acids is 1. The molecule has 0 spiro atoms. The van der Waals surface area contributed by atoms with E-state index in [9.17, 15) is 19.1 Å². The van der Waals surface area contributed by atoms with Crippen LogP contribution in [0.5, 0.6) is 5.75 Å². The standard InChI is InChI=1S/C19H15FN2O4/c20-10-5-6-16-13(7-10)15(9-26-16)22-19(25)18-12(8-17(23)24)11-3-1-2-4-14(11)21-18/h1-7,15,21H,8-9H2,(H,22,25)(H,23,24). The van der Waals surface area contributed by atoms with E-state index in [0.29, 0.717) is 27.8 Å². The third-order valence-corrected chi connectivity index (χ3v) is 4.43. The second-order valence-electron chi connectivity index (χ2n) is 6.11. The van der Waals surface area contributed by atoms with Gasteiger partial charge in [0.25, 0.3) is 5.91 Å². The number of ether oxygens (including phenoxy) is 1. The van der Waals surface area contributed by atoms with Crippen LogP contribution in [0.3, 0.4) is 0 Å². The first-order chi connectivity index (χ1) is 12.5. The van der Waals surface area contributed by atoms with E-state index in [1.165, 1.54) is 18.2 Å². The van der Waals surface area contributed by atoms with Crippen LogP contribution in [-0.4, -0.2) is 28.6 Å². The Morgan fingerprint density at radius 2 is 2.08 bits per heavy atom. The molecule has 2 heterocycles. The fourth-order valence-corrected chi connectivity index (χ4v) is 3.26. The Balaban J connectivity index is 1.67. The summed E-state index contributed by atoms with van der Waals surface area (Å²) in [6, 6.07) is 10.8. The number of carboxylic acid groups (broad SMARTS) is 1. The summed E-state index contributed by atoms with van der Waals surface area (Å²) < 4.78 is 19.0. The minimum atomic E-state index is -1.03. The van der Waals surface area contributed by atoms with E-state index in [2.05, 4.69) is 10.3 Å². The Morgan fingerprint density at radius 3 is 2.88 bits per heavy atom. The van der Waals surface area contributed by atoms with Crippen molar-refractivity contribution in [3.05, 3.63) is 65.1 Å². The molecule has 0 fully saturated rings. The Bertz CT molecular complexity index is 1030. The Labute approximate surface area is 147 Å². The smallest absolute Gasteiger partial charge is 0.307 e. The molecule has 1 atom stereocenters. The first-order valence-corrected chi connectivity index (χ1v) is 8.07. The number of para-hydroxylation sites is 1. The summed E-state index contributed by atoms with van der Waals surface area (Å²) in [6.45, 7) is 0.193. The van der Waals surface area contributed by atoms with Gasteiger partial charge in [0.1, 0.15) is 23.9 Å². The maximum atomic E-state index is 13.5.